The van der Waals surface area contributed by atoms with Gasteiger partial charge in [-0.05, 0) is 24.3 Å². The summed E-state index contributed by atoms with van der Waals surface area (Å²) in [4.78, 5) is 8.37. The Morgan fingerprint density at radius 2 is 0.641 bits per heavy atom. The first-order chi connectivity index (χ1) is 16.9. The van der Waals surface area contributed by atoms with Gasteiger partial charge in [0.05, 0.1) is 11.4 Å². The van der Waals surface area contributed by atoms with Crippen LogP contribution in [0.4, 0.5) is 0 Å². The van der Waals surface area contributed by atoms with Crippen molar-refractivity contribution in [3.63, 3.8) is 0 Å². The Morgan fingerprint density at radius 3 is 0.744 bits per heavy atom. The van der Waals surface area contributed by atoms with Crippen molar-refractivity contribution in [1.29, 1.82) is 0 Å². The fourth-order valence-electron chi connectivity index (χ4n) is 1.03. The number of nitrogens with zero attached hydrogens (tertiary/aromatic N) is 2. The Bertz CT molecular complexity index is 770. The van der Waals surface area contributed by atoms with Crippen molar-refractivity contribution in [3.8, 4) is 11.4 Å². The minimum absolute atomic E-state index is 0. The van der Waals surface area contributed by atoms with Crippen LogP contribution in [0.25, 0.3) is 11.4 Å². The molecule has 0 bridgehead atoms. The molecule has 0 spiro atoms. The summed E-state index contributed by atoms with van der Waals surface area (Å²) in [7, 11) is -12.3. The first kappa shape index (κ1) is 51.4. The zero-order valence-electron chi connectivity index (χ0n) is 22.1. The largest absolute Gasteiger partial charge is 2.00 e. The molecule has 0 saturated heterocycles. The van der Waals surface area contributed by atoms with Crippen molar-refractivity contribution >= 4 is 43.2 Å². The summed E-state index contributed by atoms with van der Waals surface area (Å²) >= 11 is 0. The van der Waals surface area contributed by atoms with Crippen LogP contribution in [-0.4, -0.2) is 76.8 Å². The Morgan fingerprint density at radius 1 is 0.487 bits per heavy atom. The predicted molar refractivity (Wildman–Crippen MR) is 127 cm³/mol. The second kappa shape index (κ2) is 32.2. The zero-order valence-corrected chi connectivity index (χ0v) is 27.8. The molecular formula is C18H32Cl2CuN2O12S4. The van der Waals surface area contributed by atoms with Crippen LogP contribution in [0.15, 0.2) is 48.8 Å². The van der Waals surface area contributed by atoms with Gasteiger partial charge in [-0.3, -0.25) is 26.8 Å². The van der Waals surface area contributed by atoms with E-state index in [0.717, 1.165) is 11.4 Å². The van der Waals surface area contributed by atoms with Crippen molar-refractivity contribution in [1.82, 2.24) is 9.97 Å². The Kier molecular flexibility index (Phi) is 42.5. The van der Waals surface area contributed by atoms with Gasteiger partial charge in [0.1, 0.15) is 0 Å². The van der Waals surface area contributed by atoms with Crippen LogP contribution < -0.4 is 37.3 Å². The topological polar surface area (TPSA) is 279 Å². The third kappa shape index (κ3) is 124. The first-order valence-corrected chi connectivity index (χ1v) is 19.3. The molecule has 0 unspecified atom stereocenters. The summed E-state index contributed by atoms with van der Waals surface area (Å²) in [6, 6.07) is 11.6. The Balaban J connectivity index is -0.0000000874. The van der Waals surface area contributed by atoms with Crippen molar-refractivity contribution in [2.75, 3.05) is 50.0 Å². The maximum absolute atomic E-state index is 9.56. The third-order valence-electron chi connectivity index (χ3n) is 1.59. The van der Waals surface area contributed by atoms with E-state index in [-0.39, 0.29) is 17.1 Å². The average molecular weight is 731 g/mol. The summed E-state index contributed by atoms with van der Waals surface area (Å²) in [6.07, 6.45) is 16.6. The molecule has 2 heterocycles. The normalized spacial score (nSPS) is 9.64. The number of hydrogen-bond donors (Lipinski definition) is 0. The van der Waals surface area contributed by atoms with Gasteiger partial charge >= 0.3 is 17.1 Å². The Labute approximate surface area is 253 Å². The van der Waals surface area contributed by atoms with Crippen LogP contribution in [0.1, 0.15) is 0 Å². The van der Waals surface area contributed by atoms with Gasteiger partial charge in [-0.25, -0.2) is 37.3 Å². The molecule has 0 saturated carbocycles. The van der Waals surface area contributed by atoms with Crippen molar-refractivity contribution in [3.05, 3.63) is 48.8 Å². The van der Waals surface area contributed by atoms with Gasteiger partial charge in [0, 0.05) is 106 Å². The third-order valence-corrected chi connectivity index (χ3v) is 1.59. The minimum atomic E-state index is -4.94. The summed E-state index contributed by atoms with van der Waals surface area (Å²) < 4.78 is 106. The summed E-state index contributed by atoms with van der Waals surface area (Å²) in [5.74, 6) is 0. The first-order valence-electron chi connectivity index (χ1n) is 8.96. The van der Waals surface area contributed by atoms with E-state index in [1.165, 1.54) is 0 Å². The van der Waals surface area contributed by atoms with E-state index < -0.39 is 63.7 Å². The number of pyridine rings is 2. The van der Waals surface area contributed by atoms with E-state index in [1.54, 1.807) is 62.4 Å². The molecule has 2 aromatic rings. The molecule has 0 amide bonds. The van der Waals surface area contributed by atoms with Gasteiger partial charge in [0.25, 0.3) is 0 Å². The van der Waals surface area contributed by atoms with Crippen LogP contribution >= 0.6 is 0 Å². The summed E-state index contributed by atoms with van der Waals surface area (Å²) in [6.45, 7) is 0. The van der Waals surface area contributed by atoms with E-state index in [0.29, 0.717) is 0 Å². The number of aromatic nitrogens is 2. The standard InChI is InChI=1S/C10H8N2.4C2H6OS.2ClHO4.Cu/c1-3-7-11-9(5-1)10-6-2-4-8-12-10;4*1-4(2)3;2*2-1(3,4)5;/h1-8H;4*1-2H3;2*(H,2,3,4,5);/q;;;;;;;+2/p-2. The van der Waals surface area contributed by atoms with Crippen molar-refractivity contribution < 1.29 is 91.7 Å². The molecule has 0 aromatic carbocycles. The molecule has 21 heteroatoms. The molecule has 0 N–H and O–H groups in total. The fraction of sp³-hybridized carbons (Fsp3) is 0.444. The molecule has 2 rings (SSSR count). The molecule has 0 aliphatic rings. The fourth-order valence-corrected chi connectivity index (χ4v) is 1.03. The van der Waals surface area contributed by atoms with Crippen LogP contribution in [-0.2, 0) is 60.3 Å². The molecule has 0 fully saturated rings. The van der Waals surface area contributed by atoms with Crippen molar-refractivity contribution in [2.45, 2.75) is 0 Å². The second-order valence-electron chi connectivity index (χ2n) is 6.15. The van der Waals surface area contributed by atoms with Crippen LogP contribution in [0.2, 0.25) is 0 Å². The van der Waals surface area contributed by atoms with Gasteiger partial charge in [0.15, 0.2) is 0 Å². The Hall–Kier alpha value is -0.321. The van der Waals surface area contributed by atoms with Gasteiger partial charge in [0.2, 0.25) is 0 Å². The van der Waals surface area contributed by atoms with E-state index in [9.17, 15) is 16.8 Å². The molecule has 0 atom stereocenters. The molecule has 0 aliphatic carbocycles. The smallest absolute Gasteiger partial charge is 0.260 e. The second-order valence-corrected chi connectivity index (χ2v) is 13.6. The predicted octanol–water partition coefficient (Wildman–Crippen LogP) is -7.39. The van der Waals surface area contributed by atoms with Gasteiger partial charge in [-0.2, -0.15) is 0 Å². The van der Waals surface area contributed by atoms with Gasteiger partial charge < -0.3 is 0 Å². The molecular weight excluding hydrogens is 699 g/mol. The molecule has 14 nitrogen and oxygen atoms in total. The molecule has 39 heavy (non-hydrogen) atoms. The quantitative estimate of drug-likeness (QED) is 0.247. The molecule has 0 aliphatic heterocycles. The summed E-state index contributed by atoms with van der Waals surface area (Å²) in [5.41, 5.74) is 1.83. The number of hydrogen-bond acceptors (Lipinski definition) is 14. The van der Waals surface area contributed by atoms with Crippen LogP contribution in [0.5, 0.6) is 0 Å². The molecule has 235 valence electrons. The van der Waals surface area contributed by atoms with Gasteiger partial charge in [-0.1, -0.05) is 12.1 Å². The van der Waals surface area contributed by atoms with Crippen LogP contribution in [0, 0.1) is 20.5 Å². The SMILES string of the molecule is CS(C)=O.CS(C)=O.CS(C)=O.CS(C)=O.[Cu+2].[O-][Cl+3]([O-])([O-])[O-].[O-][Cl+3]([O-])([O-])[O-].c1ccc(-c2ccccn2)nc1. The molecule has 1 radical (unpaired) electrons. The maximum Gasteiger partial charge on any atom is 2.00 e. The van der Waals surface area contributed by atoms with E-state index >= 15 is 0 Å². The maximum atomic E-state index is 9.56. The zero-order chi connectivity index (χ0) is 31.5. The average Bonchev–Trinajstić information content (AvgIpc) is 2.65. The number of rotatable bonds is 1. The molecule has 2 aromatic heterocycles. The van der Waals surface area contributed by atoms with Gasteiger partial charge in [-0.15, -0.1) is 20.5 Å². The monoisotopic (exact) mass is 729 g/mol. The number of halogens is 2. The minimum Gasteiger partial charge on any atom is -0.260 e. The van der Waals surface area contributed by atoms with E-state index in [1.807, 2.05) is 36.4 Å². The summed E-state index contributed by atoms with van der Waals surface area (Å²) in [5, 5.41) is 0. The van der Waals surface area contributed by atoms with E-state index in [4.69, 9.17) is 37.3 Å². The van der Waals surface area contributed by atoms with Crippen molar-refractivity contribution in [2.24, 2.45) is 0 Å². The van der Waals surface area contributed by atoms with Crippen LogP contribution in [0.3, 0.4) is 0 Å². The van der Waals surface area contributed by atoms with E-state index in [2.05, 4.69) is 9.97 Å².